The molecule has 2 aliphatic rings. The number of hydrogen-bond donors (Lipinski definition) is 1. The Bertz CT molecular complexity index is 818. The molecule has 2 aliphatic heterocycles. The van der Waals surface area contributed by atoms with Crippen molar-refractivity contribution in [1.29, 1.82) is 0 Å². The first-order chi connectivity index (χ1) is 14.3. The van der Waals surface area contributed by atoms with Gasteiger partial charge < -0.3 is 14.8 Å². The SMILES string of the molecule is CN=C(NCCc1nnc2n1CCCCC2)N1CCC(c2ccccc2)C(C)C1.I. The fraction of sp³-hybridized carbons (Fsp3) is 0.609. The molecule has 30 heavy (non-hydrogen) atoms. The maximum Gasteiger partial charge on any atom is 0.193 e. The molecule has 1 N–H and O–H groups in total. The quantitative estimate of drug-likeness (QED) is 0.377. The van der Waals surface area contributed by atoms with Gasteiger partial charge in [-0.1, -0.05) is 43.7 Å². The fourth-order valence-corrected chi connectivity index (χ4v) is 4.88. The summed E-state index contributed by atoms with van der Waals surface area (Å²) in [4.78, 5) is 6.97. The van der Waals surface area contributed by atoms with Gasteiger partial charge in [0, 0.05) is 46.1 Å². The van der Waals surface area contributed by atoms with Gasteiger partial charge in [0.25, 0.3) is 0 Å². The molecule has 0 radical (unpaired) electrons. The second kappa shape index (κ2) is 11.1. The van der Waals surface area contributed by atoms with Crippen molar-refractivity contribution in [3.05, 3.63) is 47.5 Å². The Balaban J connectivity index is 0.00000256. The number of likely N-dealkylation sites (tertiary alicyclic amines) is 1. The number of benzene rings is 1. The molecule has 7 heteroatoms. The Labute approximate surface area is 197 Å². The number of rotatable bonds is 4. The topological polar surface area (TPSA) is 58.3 Å². The molecule has 1 aromatic carbocycles. The number of guanidine groups is 1. The van der Waals surface area contributed by atoms with Gasteiger partial charge in [-0.05, 0) is 36.7 Å². The van der Waals surface area contributed by atoms with Crippen molar-refractivity contribution in [2.45, 2.75) is 57.9 Å². The van der Waals surface area contributed by atoms with E-state index in [0.29, 0.717) is 11.8 Å². The summed E-state index contributed by atoms with van der Waals surface area (Å²) >= 11 is 0. The minimum atomic E-state index is 0. The van der Waals surface area contributed by atoms with Gasteiger partial charge in [-0.25, -0.2) is 0 Å². The molecular formula is C23H35IN6. The average Bonchev–Trinajstić information content (AvgIpc) is 2.97. The molecular weight excluding hydrogens is 487 g/mol. The number of aromatic nitrogens is 3. The largest absolute Gasteiger partial charge is 0.356 e. The summed E-state index contributed by atoms with van der Waals surface area (Å²) in [5.74, 6) is 4.53. The van der Waals surface area contributed by atoms with Crippen LogP contribution in [-0.4, -0.2) is 52.3 Å². The lowest BCUT2D eigenvalue weighted by atomic mass is 9.82. The van der Waals surface area contributed by atoms with Crippen molar-refractivity contribution in [2.24, 2.45) is 10.9 Å². The molecule has 2 atom stereocenters. The first-order valence-corrected chi connectivity index (χ1v) is 11.2. The van der Waals surface area contributed by atoms with Gasteiger partial charge in [0.1, 0.15) is 11.6 Å². The summed E-state index contributed by atoms with van der Waals surface area (Å²) in [6.45, 7) is 6.36. The third kappa shape index (κ3) is 5.34. The predicted molar refractivity (Wildman–Crippen MR) is 133 cm³/mol. The van der Waals surface area contributed by atoms with Crippen LogP contribution >= 0.6 is 24.0 Å². The van der Waals surface area contributed by atoms with Gasteiger partial charge in [-0.2, -0.15) is 0 Å². The Hall–Kier alpha value is -1.64. The predicted octanol–water partition coefficient (Wildman–Crippen LogP) is 3.87. The van der Waals surface area contributed by atoms with Crippen molar-refractivity contribution in [1.82, 2.24) is 25.0 Å². The van der Waals surface area contributed by atoms with E-state index < -0.39 is 0 Å². The van der Waals surface area contributed by atoms with Crippen molar-refractivity contribution in [3.8, 4) is 0 Å². The molecule has 4 rings (SSSR count). The summed E-state index contributed by atoms with van der Waals surface area (Å²) in [5, 5.41) is 12.4. The van der Waals surface area contributed by atoms with Crippen LogP contribution in [0.2, 0.25) is 0 Å². The van der Waals surface area contributed by atoms with Crippen LogP contribution in [0.5, 0.6) is 0 Å². The van der Waals surface area contributed by atoms with Crippen molar-refractivity contribution < 1.29 is 0 Å². The van der Waals surface area contributed by atoms with E-state index in [9.17, 15) is 0 Å². The molecule has 3 heterocycles. The third-order valence-electron chi connectivity index (χ3n) is 6.46. The number of nitrogens with one attached hydrogen (secondary N) is 1. The zero-order valence-corrected chi connectivity index (χ0v) is 20.6. The van der Waals surface area contributed by atoms with E-state index in [-0.39, 0.29) is 24.0 Å². The highest BCUT2D eigenvalue weighted by molar-refractivity contribution is 14.0. The summed E-state index contributed by atoms with van der Waals surface area (Å²) in [7, 11) is 1.89. The van der Waals surface area contributed by atoms with Crippen molar-refractivity contribution >= 4 is 29.9 Å². The Morgan fingerprint density at radius 3 is 2.73 bits per heavy atom. The Morgan fingerprint density at radius 1 is 1.13 bits per heavy atom. The number of piperidine rings is 1. The lowest BCUT2D eigenvalue weighted by molar-refractivity contribution is 0.234. The normalized spacial score (nSPS) is 22.1. The molecule has 2 aromatic rings. The van der Waals surface area contributed by atoms with E-state index in [0.717, 1.165) is 50.8 Å². The average molecular weight is 522 g/mol. The summed E-state index contributed by atoms with van der Waals surface area (Å²) < 4.78 is 2.34. The Morgan fingerprint density at radius 2 is 1.97 bits per heavy atom. The number of fused-ring (bicyclic) bond motifs is 1. The van der Waals surface area contributed by atoms with Gasteiger partial charge >= 0.3 is 0 Å². The highest BCUT2D eigenvalue weighted by atomic mass is 127. The zero-order valence-electron chi connectivity index (χ0n) is 18.3. The molecule has 1 aromatic heterocycles. The van der Waals surface area contributed by atoms with Crippen LogP contribution in [0, 0.1) is 5.92 Å². The molecule has 1 saturated heterocycles. The summed E-state index contributed by atoms with van der Waals surface area (Å²) in [6, 6.07) is 10.9. The van der Waals surface area contributed by atoms with Crippen LogP contribution in [0.25, 0.3) is 0 Å². The third-order valence-corrected chi connectivity index (χ3v) is 6.46. The van der Waals surface area contributed by atoms with E-state index >= 15 is 0 Å². The number of nitrogens with zero attached hydrogens (tertiary/aromatic N) is 5. The fourth-order valence-electron chi connectivity index (χ4n) is 4.88. The Kier molecular flexibility index (Phi) is 8.53. The number of hydrogen-bond acceptors (Lipinski definition) is 3. The van der Waals surface area contributed by atoms with Gasteiger partial charge in [0.2, 0.25) is 0 Å². The summed E-state index contributed by atoms with van der Waals surface area (Å²) in [6.07, 6.45) is 6.90. The second-order valence-electron chi connectivity index (χ2n) is 8.45. The minimum absolute atomic E-state index is 0. The van der Waals surface area contributed by atoms with E-state index in [4.69, 9.17) is 0 Å². The number of halogens is 1. The van der Waals surface area contributed by atoms with Crippen molar-refractivity contribution in [2.75, 3.05) is 26.7 Å². The lowest BCUT2D eigenvalue weighted by Gasteiger charge is -2.39. The summed E-state index contributed by atoms with van der Waals surface area (Å²) in [5.41, 5.74) is 1.47. The molecule has 0 spiro atoms. The van der Waals surface area contributed by atoms with Crippen LogP contribution in [0.3, 0.4) is 0 Å². The number of aryl methyl sites for hydroxylation is 1. The molecule has 0 saturated carbocycles. The molecule has 1 fully saturated rings. The lowest BCUT2D eigenvalue weighted by Crippen LogP contribution is -2.48. The highest BCUT2D eigenvalue weighted by Crippen LogP contribution is 2.32. The molecule has 0 aliphatic carbocycles. The minimum Gasteiger partial charge on any atom is -0.356 e. The zero-order chi connectivity index (χ0) is 20.1. The van der Waals surface area contributed by atoms with Crippen LogP contribution in [-0.2, 0) is 19.4 Å². The molecule has 0 amide bonds. The molecule has 6 nitrogen and oxygen atoms in total. The molecule has 164 valence electrons. The van der Waals surface area contributed by atoms with Crippen molar-refractivity contribution in [3.63, 3.8) is 0 Å². The molecule has 0 bridgehead atoms. The highest BCUT2D eigenvalue weighted by Gasteiger charge is 2.28. The van der Waals surface area contributed by atoms with Crippen LogP contribution in [0.15, 0.2) is 35.3 Å². The van der Waals surface area contributed by atoms with E-state index in [1.165, 1.54) is 37.1 Å². The van der Waals surface area contributed by atoms with Gasteiger partial charge in [0.15, 0.2) is 5.96 Å². The van der Waals surface area contributed by atoms with Crippen LogP contribution < -0.4 is 5.32 Å². The maximum absolute atomic E-state index is 4.55. The smallest absolute Gasteiger partial charge is 0.193 e. The van der Waals surface area contributed by atoms with Crippen LogP contribution in [0.4, 0.5) is 0 Å². The van der Waals surface area contributed by atoms with Crippen LogP contribution in [0.1, 0.15) is 55.7 Å². The van der Waals surface area contributed by atoms with E-state index in [1.807, 2.05) is 7.05 Å². The number of aliphatic imine (C=N–C) groups is 1. The van der Waals surface area contributed by atoms with E-state index in [2.05, 4.69) is 67.2 Å². The first kappa shape index (κ1) is 23.0. The maximum atomic E-state index is 4.55. The second-order valence-corrected chi connectivity index (χ2v) is 8.45. The molecule has 2 unspecified atom stereocenters. The first-order valence-electron chi connectivity index (χ1n) is 11.2. The van der Waals surface area contributed by atoms with Gasteiger partial charge in [0.05, 0.1) is 0 Å². The standard InChI is InChI=1S/C23H34N6.HI/c1-18-17-28(16-13-20(18)19-9-5-3-6-10-19)23(24-2)25-14-12-22-27-26-21-11-7-4-8-15-29(21)22;/h3,5-6,9-10,18,20H,4,7-8,11-17H2,1-2H3,(H,24,25);1H. The van der Waals surface area contributed by atoms with E-state index in [1.54, 1.807) is 0 Å². The van der Waals surface area contributed by atoms with Gasteiger partial charge in [-0.15, -0.1) is 34.2 Å². The van der Waals surface area contributed by atoms with Gasteiger partial charge in [-0.3, -0.25) is 4.99 Å². The monoisotopic (exact) mass is 522 g/mol.